The first-order valence-electron chi connectivity index (χ1n) is 5.37. The maximum absolute atomic E-state index is 12.0. The molecule has 0 saturated carbocycles. The average Bonchev–Trinajstić information content (AvgIpc) is 2.32. The molecule has 100 valence electrons. The normalized spacial score (nSPS) is 11.4. The van der Waals surface area contributed by atoms with Crippen LogP contribution in [0.4, 0.5) is 0 Å². The van der Waals surface area contributed by atoms with E-state index in [4.69, 9.17) is 11.0 Å². The zero-order valence-electron chi connectivity index (χ0n) is 9.82. The van der Waals surface area contributed by atoms with E-state index >= 15 is 0 Å². The number of carbonyl (C=O) groups excluding carboxylic acids is 2. The standard InChI is InChI=1S/C12H11Br2N3O2/c13-8-4-7(5-9(14)6-8)12(19)17-10(11(16)18)2-1-3-15/h4-6,10H,1-2H2,(H2,16,18)(H,17,19)/t10-/m0/s1. The van der Waals surface area contributed by atoms with E-state index in [0.29, 0.717) is 5.56 Å². The van der Waals surface area contributed by atoms with Gasteiger partial charge in [-0.3, -0.25) is 9.59 Å². The Labute approximate surface area is 127 Å². The molecule has 19 heavy (non-hydrogen) atoms. The Balaban J connectivity index is 2.82. The molecule has 0 aliphatic rings. The molecule has 0 spiro atoms. The third-order valence-corrected chi connectivity index (χ3v) is 3.23. The Kier molecular flexibility index (Phi) is 5.99. The van der Waals surface area contributed by atoms with Crippen molar-refractivity contribution in [3.8, 4) is 6.07 Å². The summed E-state index contributed by atoms with van der Waals surface area (Å²) in [5.74, 6) is -1.07. The molecule has 3 N–H and O–H groups in total. The molecule has 0 saturated heterocycles. The molecule has 2 amide bonds. The summed E-state index contributed by atoms with van der Waals surface area (Å²) in [5, 5.41) is 11.0. The smallest absolute Gasteiger partial charge is 0.252 e. The minimum atomic E-state index is -0.843. The number of benzene rings is 1. The molecule has 1 atom stereocenters. The highest BCUT2D eigenvalue weighted by Gasteiger charge is 2.18. The zero-order chi connectivity index (χ0) is 14.4. The molecule has 1 aromatic rings. The number of rotatable bonds is 5. The molecule has 0 unspecified atom stereocenters. The summed E-state index contributed by atoms with van der Waals surface area (Å²) in [4.78, 5) is 23.2. The Morgan fingerprint density at radius 1 is 1.32 bits per heavy atom. The number of nitrogens with two attached hydrogens (primary N) is 1. The maximum atomic E-state index is 12.0. The van der Waals surface area contributed by atoms with Crippen LogP contribution in [0.2, 0.25) is 0 Å². The van der Waals surface area contributed by atoms with Gasteiger partial charge in [0.2, 0.25) is 5.91 Å². The Morgan fingerprint density at radius 3 is 2.37 bits per heavy atom. The van der Waals surface area contributed by atoms with Crippen molar-refractivity contribution in [2.75, 3.05) is 0 Å². The molecule has 1 aromatic carbocycles. The summed E-state index contributed by atoms with van der Waals surface area (Å²) >= 11 is 6.55. The number of nitriles is 1. The van der Waals surface area contributed by atoms with Gasteiger partial charge in [0.15, 0.2) is 0 Å². The van der Waals surface area contributed by atoms with Crippen molar-refractivity contribution in [3.05, 3.63) is 32.7 Å². The molecule has 7 heteroatoms. The fourth-order valence-corrected chi connectivity index (χ4v) is 2.71. The predicted molar refractivity (Wildman–Crippen MR) is 77.1 cm³/mol. The number of carbonyl (C=O) groups is 2. The number of halogens is 2. The minimum absolute atomic E-state index is 0.149. The van der Waals surface area contributed by atoms with Gasteiger partial charge in [-0.15, -0.1) is 0 Å². The summed E-state index contributed by atoms with van der Waals surface area (Å²) in [7, 11) is 0. The van der Waals surface area contributed by atoms with Gasteiger partial charge in [0, 0.05) is 20.9 Å². The highest BCUT2D eigenvalue weighted by atomic mass is 79.9. The summed E-state index contributed by atoms with van der Waals surface area (Å²) in [6.07, 6.45) is 0.350. The lowest BCUT2D eigenvalue weighted by Crippen LogP contribution is -2.44. The molecule has 0 radical (unpaired) electrons. The second-order valence-corrected chi connectivity index (χ2v) is 5.61. The molecular weight excluding hydrogens is 378 g/mol. The zero-order valence-corrected chi connectivity index (χ0v) is 13.0. The van der Waals surface area contributed by atoms with Crippen LogP contribution in [-0.4, -0.2) is 17.9 Å². The molecular formula is C12H11Br2N3O2. The molecule has 0 fully saturated rings. The third-order valence-electron chi connectivity index (χ3n) is 2.32. The Hall–Kier alpha value is -1.39. The lowest BCUT2D eigenvalue weighted by atomic mass is 10.1. The first-order valence-corrected chi connectivity index (χ1v) is 6.96. The molecule has 1 rings (SSSR count). The summed E-state index contributed by atoms with van der Waals surface area (Å²) < 4.78 is 1.47. The van der Waals surface area contributed by atoms with Gasteiger partial charge in [-0.05, 0) is 24.6 Å². The number of hydrogen-bond donors (Lipinski definition) is 2. The van der Waals surface area contributed by atoms with Crippen LogP contribution < -0.4 is 11.1 Å². The van der Waals surface area contributed by atoms with Gasteiger partial charge in [0.1, 0.15) is 6.04 Å². The van der Waals surface area contributed by atoms with E-state index in [2.05, 4.69) is 37.2 Å². The van der Waals surface area contributed by atoms with Gasteiger partial charge in [-0.1, -0.05) is 31.9 Å². The molecule has 0 aliphatic carbocycles. The van der Waals surface area contributed by atoms with Crippen LogP contribution in [0, 0.1) is 11.3 Å². The monoisotopic (exact) mass is 387 g/mol. The van der Waals surface area contributed by atoms with Crippen LogP contribution in [0.25, 0.3) is 0 Å². The van der Waals surface area contributed by atoms with E-state index in [9.17, 15) is 9.59 Å². The lowest BCUT2D eigenvalue weighted by Gasteiger charge is -2.14. The highest BCUT2D eigenvalue weighted by Crippen LogP contribution is 2.20. The number of amides is 2. The van der Waals surface area contributed by atoms with Gasteiger partial charge in [0.25, 0.3) is 5.91 Å². The molecule has 0 heterocycles. The van der Waals surface area contributed by atoms with Crippen molar-refractivity contribution in [1.29, 1.82) is 5.26 Å². The third kappa shape index (κ3) is 5.01. The van der Waals surface area contributed by atoms with Crippen molar-refractivity contribution in [2.45, 2.75) is 18.9 Å². The van der Waals surface area contributed by atoms with E-state index < -0.39 is 17.9 Å². The lowest BCUT2D eigenvalue weighted by molar-refractivity contribution is -0.119. The van der Waals surface area contributed by atoms with E-state index in [1.807, 2.05) is 6.07 Å². The van der Waals surface area contributed by atoms with Gasteiger partial charge in [0.05, 0.1) is 6.07 Å². The van der Waals surface area contributed by atoms with E-state index in [1.165, 1.54) is 0 Å². The number of primary amides is 1. The van der Waals surface area contributed by atoms with E-state index in [-0.39, 0.29) is 12.8 Å². The molecule has 0 aliphatic heterocycles. The van der Waals surface area contributed by atoms with E-state index in [0.717, 1.165) is 8.95 Å². The van der Waals surface area contributed by atoms with Crippen LogP contribution in [0.1, 0.15) is 23.2 Å². The Morgan fingerprint density at radius 2 is 1.89 bits per heavy atom. The molecule has 0 aromatic heterocycles. The first kappa shape index (κ1) is 15.7. The van der Waals surface area contributed by atoms with E-state index in [1.54, 1.807) is 18.2 Å². The Bertz CT molecular complexity index is 520. The van der Waals surface area contributed by atoms with Crippen LogP contribution in [0.15, 0.2) is 27.1 Å². The van der Waals surface area contributed by atoms with Crippen molar-refractivity contribution >= 4 is 43.7 Å². The molecule has 0 bridgehead atoms. The van der Waals surface area contributed by atoms with Crippen LogP contribution >= 0.6 is 31.9 Å². The van der Waals surface area contributed by atoms with Crippen molar-refractivity contribution < 1.29 is 9.59 Å². The highest BCUT2D eigenvalue weighted by molar-refractivity contribution is 9.11. The summed E-state index contributed by atoms with van der Waals surface area (Å²) in [6.45, 7) is 0. The number of nitrogens with one attached hydrogen (secondary N) is 1. The van der Waals surface area contributed by atoms with Gasteiger partial charge < -0.3 is 11.1 Å². The number of hydrogen-bond acceptors (Lipinski definition) is 3. The largest absolute Gasteiger partial charge is 0.368 e. The van der Waals surface area contributed by atoms with Crippen LogP contribution in [0.3, 0.4) is 0 Å². The fourth-order valence-electron chi connectivity index (χ4n) is 1.42. The topological polar surface area (TPSA) is 96.0 Å². The van der Waals surface area contributed by atoms with Crippen molar-refractivity contribution in [1.82, 2.24) is 5.32 Å². The van der Waals surface area contributed by atoms with Gasteiger partial charge in [-0.25, -0.2) is 0 Å². The second kappa shape index (κ2) is 7.26. The van der Waals surface area contributed by atoms with Crippen molar-refractivity contribution in [3.63, 3.8) is 0 Å². The molecule has 5 nitrogen and oxygen atoms in total. The van der Waals surface area contributed by atoms with Crippen molar-refractivity contribution in [2.24, 2.45) is 5.73 Å². The fraction of sp³-hybridized carbons (Fsp3) is 0.250. The SMILES string of the molecule is N#CCC[C@H](NC(=O)c1cc(Br)cc(Br)c1)C(N)=O. The van der Waals surface area contributed by atoms with Gasteiger partial charge in [-0.2, -0.15) is 5.26 Å². The van der Waals surface area contributed by atoms with Crippen LogP contribution in [-0.2, 0) is 4.79 Å². The summed E-state index contributed by atoms with van der Waals surface area (Å²) in [5.41, 5.74) is 5.58. The summed E-state index contributed by atoms with van der Waals surface area (Å²) in [6, 6.07) is 6.11. The average molecular weight is 389 g/mol. The quantitative estimate of drug-likeness (QED) is 0.808. The predicted octanol–water partition coefficient (Wildman–Crippen LogP) is 2.10. The first-order chi connectivity index (χ1) is 8.93. The second-order valence-electron chi connectivity index (χ2n) is 3.78. The minimum Gasteiger partial charge on any atom is -0.368 e. The number of nitrogens with zero attached hydrogens (tertiary/aromatic N) is 1. The van der Waals surface area contributed by atoms with Crippen LogP contribution in [0.5, 0.6) is 0 Å². The maximum Gasteiger partial charge on any atom is 0.252 e. The van der Waals surface area contributed by atoms with Gasteiger partial charge >= 0.3 is 0 Å².